The van der Waals surface area contributed by atoms with Gasteiger partial charge in [0.15, 0.2) is 9.47 Å². The lowest BCUT2D eigenvalue weighted by Gasteiger charge is -2.01. The van der Waals surface area contributed by atoms with Crippen molar-refractivity contribution in [1.82, 2.24) is 15.2 Å². The lowest BCUT2D eigenvalue weighted by molar-refractivity contribution is -0.113. The van der Waals surface area contributed by atoms with Gasteiger partial charge in [0.2, 0.25) is 11.0 Å². The quantitative estimate of drug-likeness (QED) is 0.549. The van der Waals surface area contributed by atoms with E-state index in [-0.39, 0.29) is 11.7 Å². The van der Waals surface area contributed by atoms with E-state index >= 15 is 0 Å². The Kier molecular flexibility index (Phi) is 6.42. The number of anilines is 2. The van der Waals surface area contributed by atoms with E-state index in [0.29, 0.717) is 5.13 Å². The Morgan fingerprint density at radius 1 is 1.23 bits per heavy atom. The van der Waals surface area contributed by atoms with Gasteiger partial charge in [-0.1, -0.05) is 23.1 Å². The molecule has 136 valence electrons. The van der Waals surface area contributed by atoms with E-state index < -0.39 is 0 Å². The monoisotopic (exact) mass is 407 g/mol. The van der Waals surface area contributed by atoms with Gasteiger partial charge >= 0.3 is 0 Å². The molecule has 0 aliphatic heterocycles. The van der Waals surface area contributed by atoms with Crippen LogP contribution in [0.4, 0.5) is 10.3 Å². The Balaban J connectivity index is 1.53. The number of aromatic nitrogens is 3. The standard InChI is InChI=1S/C16H17N5O2S3/c1-3-17-14-20-21-16(26-14)25-9-13(22)19-15-18-12(8-24-15)10-4-6-11(23-2)7-5-10/h4-8H,3,9H2,1-2H3,(H,17,20)(H,18,19,22). The van der Waals surface area contributed by atoms with Crippen molar-refractivity contribution >= 4 is 50.6 Å². The minimum absolute atomic E-state index is 0.120. The maximum Gasteiger partial charge on any atom is 0.236 e. The molecule has 0 bridgehead atoms. The number of amides is 1. The number of nitrogens with zero attached hydrogens (tertiary/aromatic N) is 3. The van der Waals surface area contributed by atoms with Gasteiger partial charge in [0.25, 0.3) is 0 Å². The number of carbonyl (C=O) groups is 1. The van der Waals surface area contributed by atoms with Crippen LogP contribution in [0.1, 0.15) is 6.92 Å². The molecular weight excluding hydrogens is 390 g/mol. The largest absolute Gasteiger partial charge is 0.497 e. The van der Waals surface area contributed by atoms with Crippen molar-refractivity contribution in [3.8, 4) is 17.0 Å². The first-order valence-electron chi connectivity index (χ1n) is 7.78. The molecule has 0 atom stereocenters. The Morgan fingerprint density at radius 3 is 2.77 bits per heavy atom. The first-order chi connectivity index (χ1) is 12.7. The summed E-state index contributed by atoms with van der Waals surface area (Å²) in [5, 5.41) is 17.2. The lowest BCUT2D eigenvalue weighted by Crippen LogP contribution is -2.13. The summed E-state index contributed by atoms with van der Waals surface area (Å²) in [4.78, 5) is 16.6. The van der Waals surface area contributed by atoms with Gasteiger partial charge in [-0.3, -0.25) is 4.79 Å². The Bertz CT molecular complexity index is 863. The fourth-order valence-corrected chi connectivity index (χ4v) is 4.35. The average molecular weight is 408 g/mol. The molecule has 0 radical (unpaired) electrons. The minimum atomic E-state index is -0.120. The molecule has 1 amide bonds. The number of hydrogen-bond acceptors (Lipinski definition) is 9. The highest BCUT2D eigenvalue weighted by atomic mass is 32.2. The first kappa shape index (κ1) is 18.6. The second-order valence-electron chi connectivity index (χ2n) is 5.01. The molecule has 2 aromatic heterocycles. The summed E-state index contributed by atoms with van der Waals surface area (Å²) in [6.07, 6.45) is 0. The van der Waals surface area contributed by atoms with Gasteiger partial charge in [0.1, 0.15) is 5.75 Å². The molecule has 0 fully saturated rings. The van der Waals surface area contributed by atoms with Crippen LogP contribution in [0.25, 0.3) is 11.3 Å². The van der Waals surface area contributed by atoms with Crippen LogP contribution in [-0.4, -0.2) is 40.5 Å². The summed E-state index contributed by atoms with van der Waals surface area (Å²) >= 11 is 4.19. The molecule has 0 aliphatic carbocycles. The zero-order chi connectivity index (χ0) is 18.4. The van der Waals surface area contributed by atoms with E-state index in [9.17, 15) is 4.79 Å². The molecule has 10 heteroatoms. The van der Waals surface area contributed by atoms with Gasteiger partial charge in [-0.15, -0.1) is 21.5 Å². The van der Waals surface area contributed by atoms with Crippen molar-refractivity contribution in [2.75, 3.05) is 30.0 Å². The summed E-state index contributed by atoms with van der Waals surface area (Å²) in [5.41, 5.74) is 1.79. The van der Waals surface area contributed by atoms with E-state index in [0.717, 1.165) is 33.0 Å². The highest BCUT2D eigenvalue weighted by Crippen LogP contribution is 2.28. The highest BCUT2D eigenvalue weighted by Gasteiger charge is 2.11. The lowest BCUT2D eigenvalue weighted by atomic mass is 10.2. The van der Waals surface area contributed by atoms with Gasteiger partial charge in [-0.25, -0.2) is 4.98 Å². The maximum absolute atomic E-state index is 12.1. The molecule has 0 spiro atoms. The predicted octanol–water partition coefficient (Wildman–Crippen LogP) is 3.83. The summed E-state index contributed by atoms with van der Waals surface area (Å²) in [6.45, 7) is 2.79. The Hall–Kier alpha value is -2.17. The number of thiazole rings is 1. The molecule has 26 heavy (non-hydrogen) atoms. The van der Waals surface area contributed by atoms with E-state index in [1.807, 2.05) is 36.6 Å². The topological polar surface area (TPSA) is 89.0 Å². The number of thioether (sulfide) groups is 1. The first-order valence-corrected chi connectivity index (χ1v) is 10.5. The molecule has 3 rings (SSSR count). The zero-order valence-corrected chi connectivity index (χ0v) is 16.6. The summed E-state index contributed by atoms with van der Waals surface area (Å²) in [6, 6.07) is 7.64. The van der Waals surface area contributed by atoms with Crippen molar-refractivity contribution < 1.29 is 9.53 Å². The smallest absolute Gasteiger partial charge is 0.236 e. The molecule has 0 unspecified atom stereocenters. The van der Waals surface area contributed by atoms with Crippen LogP contribution in [0, 0.1) is 0 Å². The SMILES string of the molecule is CCNc1nnc(SCC(=O)Nc2nc(-c3ccc(OC)cc3)cs2)s1. The third kappa shape index (κ3) is 4.93. The number of ether oxygens (including phenoxy) is 1. The molecule has 1 aromatic carbocycles. The van der Waals surface area contributed by atoms with Gasteiger partial charge in [-0.05, 0) is 31.2 Å². The van der Waals surface area contributed by atoms with Crippen LogP contribution in [0.5, 0.6) is 5.75 Å². The van der Waals surface area contributed by atoms with E-state index in [1.54, 1.807) is 7.11 Å². The van der Waals surface area contributed by atoms with Gasteiger partial charge in [0.05, 0.1) is 18.6 Å². The molecule has 0 saturated carbocycles. The van der Waals surface area contributed by atoms with Crippen LogP contribution in [0.2, 0.25) is 0 Å². The van der Waals surface area contributed by atoms with Crippen LogP contribution in [0.15, 0.2) is 34.0 Å². The van der Waals surface area contributed by atoms with E-state index in [1.165, 1.54) is 34.4 Å². The number of nitrogens with one attached hydrogen (secondary N) is 2. The van der Waals surface area contributed by atoms with E-state index in [2.05, 4.69) is 25.8 Å². The second-order valence-corrected chi connectivity index (χ2v) is 8.06. The fourth-order valence-electron chi connectivity index (χ4n) is 2.00. The van der Waals surface area contributed by atoms with Gasteiger partial charge in [-0.2, -0.15) is 0 Å². The highest BCUT2D eigenvalue weighted by molar-refractivity contribution is 8.01. The van der Waals surface area contributed by atoms with Crippen LogP contribution in [0.3, 0.4) is 0 Å². The number of hydrogen-bond donors (Lipinski definition) is 2. The van der Waals surface area contributed by atoms with E-state index in [4.69, 9.17) is 4.74 Å². The Morgan fingerprint density at radius 2 is 2.04 bits per heavy atom. The molecule has 3 aromatic rings. The van der Waals surface area contributed by atoms with Crippen LogP contribution in [-0.2, 0) is 4.79 Å². The maximum atomic E-state index is 12.1. The normalized spacial score (nSPS) is 10.5. The number of carbonyl (C=O) groups excluding carboxylic acids is 1. The van der Waals surface area contributed by atoms with Crippen molar-refractivity contribution in [1.29, 1.82) is 0 Å². The molecular formula is C16H17N5O2S3. The second kappa shape index (κ2) is 8.97. The molecule has 7 nitrogen and oxygen atoms in total. The third-order valence-corrected chi connectivity index (χ3v) is 5.97. The van der Waals surface area contributed by atoms with Crippen LogP contribution < -0.4 is 15.4 Å². The summed E-state index contributed by atoms with van der Waals surface area (Å²) < 4.78 is 5.91. The minimum Gasteiger partial charge on any atom is -0.497 e. The third-order valence-electron chi connectivity index (χ3n) is 3.20. The fraction of sp³-hybridized carbons (Fsp3) is 0.250. The molecule has 2 heterocycles. The molecule has 0 aliphatic rings. The molecule has 0 saturated heterocycles. The van der Waals surface area contributed by atoms with Crippen molar-refractivity contribution in [2.45, 2.75) is 11.3 Å². The predicted molar refractivity (Wildman–Crippen MR) is 108 cm³/mol. The van der Waals surface area contributed by atoms with Crippen molar-refractivity contribution in [3.63, 3.8) is 0 Å². The molecule has 2 N–H and O–H groups in total. The Labute approximate surface area is 163 Å². The van der Waals surface area contributed by atoms with Crippen molar-refractivity contribution in [3.05, 3.63) is 29.6 Å². The van der Waals surface area contributed by atoms with Crippen LogP contribution >= 0.6 is 34.4 Å². The van der Waals surface area contributed by atoms with Crippen molar-refractivity contribution in [2.24, 2.45) is 0 Å². The van der Waals surface area contributed by atoms with Gasteiger partial charge in [0, 0.05) is 17.5 Å². The summed E-state index contributed by atoms with van der Waals surface area (Å²) in [5.74, 6) is 0.937. The summed E-state index contributed by atoms with van der Waals surface area (Å²) in [7, 11) is 1.63. The zero-order valence-electron chi connectivity index (χ0n) is 14.2. The number of methoxy groups -OCH3 is 1. The number of rotatable bonds is 8. The van der Waals surface area contributed by atoms with Gasteiger partial charge < -0.3 is 15.4 Å². The number of benzene rings is 1. The average Bonchev–Trinajstić information content (AvgIpc) is 3.30.